The number of ether oxygens (including phenoxy) is 5. The number of carbonyl (C=O) groups excluding carboxylic acids is 2. The molecule has 1 unspecified atom stereocenters. The lowest BCUT2D eigenvalue weighted by atomic mass is 9.83. The van der Waals surface area contributed by atoms with Gasteiger partial charge >= 0.3 is 11.9 Å². The van der Waals surface area contributed by atoms with Crippen molar-refractivity contribution >= 4 is 11.9 Å². The predicted octanol–water partition coefficient (Wildman–Crippen LogP) is 2.67. The molecule has 2 N–H and O–H groups in total. The minimum Gasteiger partial charge on any atom is -0.493 e. The molecule has 0 saturated heterocycles. The number of hydrogen-bond donors (Lipinski definition) is 1. The molecule has 1 heterocycles. The minimum absolute atomic E-state index is 0.0574. The molecule has 0 fully saturated rings. The van der Waals surface area contributed by atoms with Crippen molar-refractivity contribution in [2.24, 2.45) is 5.73 Å². The third-order valence-corrected chi connectivity index (χ3v) is 4.49. The molecule has 0 saturated carbocycles. The first kappa shape index (κ1) is 23.6. The van der Waals surface area contributed by atoms with Gasteiger partial charge in [-0.3, -0.25) is 4.79 Å². The van der Waals surface area contributed by atoms with Crippen molar-refractivity contribution in [3.8, 4) is 17.6 Å². The van der Waals surface area contributed by atoms with Crippen LogP contribution in [0.15, 0.2) is 41.0 Å². The SMILES string of the molecule is CCOC(=O)CCOc1cc(C2C(C#N)=C(N)OC(C)=C2C(=O)OCC)ccc1OC. The highest BCUT2D eigenvalue weighted by molar-refractivity contribution is 5.92. The Bertz CT molecular complexity index is 944. The van der Waals surface area contributed by atoms with Crippen LogP contribution in [0.3, 0.4) is 0 Å². The van der Waals surface area contributed by atoms with Crippen LogP contribution in [-0.4, -0.2) is 38.9 Å². The number of hydrogen-bond acceptors (Lipinski definition) is 9. The van der Waals surface area contributed by atoms with Gasteiger partial charge in [0, 0.05) is 0 Å². The molecule has 0 radical (unpaired) electrons. The number of esters is 2. The lowest BCUT2D eigenvalue weighted by Gasteiger charge is -2.27. The van der Waals surface area contributed by atoms with E-state index in [-0.39, 0.29) is 55.0 Å². The molecule has 1 aromatic rings. The first-order valence-electron chi connectivity index (χ1n) is 9.79. The molecule has 0 aliphatic carbocycles. The van der Waals surface area contributed by atoms with Crippen LogP contribution >= 0.6 is 0 Å². The standard InChI is InChI=1S/C22H26N2O7/c1-5-28-18(25)9-10-30-17-11-14(7-8-16(17)27-4)20-15(12-23)21(24)31-13(3)19(20)22(26)29-6-2/h7-8,11,20H,5-6,9-10,24H2,1-4H3. The fraction of sp³-hybridized carbons (Fsp3) is 0.409. The van der Waals surface area contributed by atoms with Crippen molar-refractivity contribution in [3.05, 3.63) is 46.6 Å². The summed E-state index contributed by atoms with van der Waals surface area (Å²) in [5.41, 5.74) is 6.73. The number of methoxy groups -OCH3 is 1. The maximum Gasteiger partial charge on any atom is 0.338 e. The number of carbonyl (C=O) groups is 2. The molecule has 1 aliphatic rings. The van der Waals surface area contributed by atoms with E-state index >= 15 is 0 Å². The monoisotopic (exact) mass is 430 g/mol. The van der Waals surface area contributed by atoms with Crippen LogP contribution in [0.5, 0.6) is 11.5 Å². The van der Waals surface area contributed by atoms with Crippen LogP contribution in [-0.2, 0) is 23.8 Å². The summed E-state index contributed by atoms with van der Waals surface area (Å²) in [4.78, 5) is 24.2. The van der Waals surface area contributed by atoms with Crippen LogP contribution in [0.2, 0.25) is 0 Å². The number of nitriles is 1. The molecule has 0 aromatic heterocycles. The zero-order chi connectivity index (χ0) is 23.0. The Labute approximate surface area is 181 Å². The fourth-order valence-corrected chi connectivity index (χ4v) is 3.15. The van der Waals surface area contributed by atoms with Crippen molar-refractivity contribution in [2.45, 2.75) is 33.1 Å². The molecular weight excluding hydrogens is 404 g/mol. The summed E-state index contributed by atoms with van der Waals surface area (Å²) in [7, 11) is 1.48. The van der Waals surface area contributed by atoms with Crippen LogP contribution in [0.4, 0.5) is 0 Å². The highest BCUT2D eigenvalue weighted by Crippen LogP contribution is 2.42. The zero-order valence-corrected chi connectivity index (χ0v) is 18.0. The average molecular weight is 430 g/mol. The van der Waals surface area contributed by atoms with E-state index in [9.17, 15) is 14.9 Å². The van der Waals surface area contributed by atoms with Gasteiger partial charge in [0.15, 0.2) is 11.5 Å². The summed E-state index contributed by atoms with van der Waals surface area (Å²) in [6, 6.07) is 7.01. The Morgan fingerprint density at radius 2 is 1.90 bits per heavy atom. The van der Waals surface area contributed by atoms with Crippen molar-refractivity contribution in [3.63, 3.8) is 0 Å². The Hall–Kier alpha value is -3.67. The van der Waals surface area contributed by atoms with Gasteiger partial charge in [-0.2, -0.15) is 5.26 Å². The van der Waals surface area contributed by atoms with Crippen molar-refractivity contribution in [1.82, 2.24) is 0 Å². The molecule has 9 heteroatoms. The molecule has 1 aliphatic heterocycles. The number of allylic oxidation sites excluding steroid dienone is 2. The fourth-order valence-electron chi connectivity index (χ4n) is 3.15. The van der Waals surface area contributed by atoms with E-state index in [0.717, 1.165) is 0 Å². The van der Waals surface area contributed by atoms with Gasteiger partial charge in [-0.1, -0.05) is 6.07 Å². The molecule has 0 spiro atoms. The third-order valence-electron chi connectivity index (χ3n) is 4.49. The smallest absolute Gasteiger partial charge is 0.338 e. The van der Waals surface area contributed by atoms with Gasteiger partial charge in [0.25, 0.3) is 0 Å². The van der Waals surface area contributed by atoms with Gasteiger partial charge in [0.1, 0.15) is 17.4 Å². The zero-order valence-electron chi connectivity index (χ0n) is 18.0. The Morgan fingerprint density at radius 1 is 1.19 bits per heavy atom. The maximum atomic E-state index is 12.6. The highest BCUT2D eigenvalue weighted by Gasteiger charge is 2.36. The summed E-state index contributed by atoms with van der Waals surface area (Å²) in [5, 5.41) is 9.68. The normalized spacial score (nSPS) is 15.6. The first-order valence-corrected chi connectivity index (χ1v) is 9.79. The van der Waals surface area contributed by atoms with Gasteiger partial charge in [0.05, 0.1) is 44.8 Å². The second-order valence-electron chi connectivity index (χ2n) is 6.43. The Kier molecular flexibility index (Phi) is 8.32. The van der Waals surface area contributed by atoms with Crippen LogP contribution < -0.4 is 15.2 Å². The van der Waals surface area contributed by atoms with Gasteiger partial charge in [-0.15, -0.1) is 0 Å². The maximum absolute atomic E-state index is 12.6. The van der Waals surface area contributed by atoms with Gasteiger partial charge in [-0.05, 0) is 38.5 Å². The van der Waals surface area contributed by atoms with Crippen molar-refractivity contribution in [1.29, 1.82) is 5.26 Å². The van der Waals surface area contributed by atoms with E-state index in [2.05, 4.69) is 0 Å². The summed E-state index contributed by atoms with van der Waals surface area (Å²) in [5.74, 6) is -0.866. The summed E-state index contributed by atoms with van der Waals surface area (Å²) in [6.45, 7) is 5.50. The number of rotatable bonds is 9. The second-order valence-corrected chi connectivity index (χ2v) is 6.43. The topological polar surface area (TPSA) is 130 Å². The molecule has 1 atom stereocenters. The molecule has 9 nitrogen and oxygen atoms in total. The van der Waals surface area contributed by atoms with E-state index < -0.39 is 11.9 Å². The molecule has 0 amide bonds. The average Bonchev–Trinajstić information content (AvgIpc) is 2.73. The van der Waals surface area contributed by atoms with E-state index in [1.165, 1.54) is 7.11 Å². The van der Waals surface area contributed by atoms with E-state index in [0.29, 0.717) is 17.1 Å². The van der Waals surface area contributed by atoms with E-state index in [1.54, 1.807) is 39.0 Å². The van der Waals surface area contributed by atoms with Crippen LogP contribution in [0, 0.1) is 11.3 Å². The van der Waals surface area contributed by atoms with Gasteiger partial charge in [-0.25, -0.2) is 4.79 Å². The van der Waals surface area contributed by atoms with Gasteiger partial charge in [0.2, 0.25) is 5.88 Å². The molecule has 31 heavy (non-hydrogen) atoms. The molecule has 166 valence electrons. The lowest BCUT2D eigenvalue weighted by molar-refractivity contribution is -0.143. The number of nitrogens with two attached hydrogens (primary N) is 1. The number of benzene rings is 1. The molecular formula is C22H26N2O7. The van der Waals surface area contributed by atoms with Crippen molar-refractivity contribution < 1.29 is 33.3 Å². The summed E-state index contributed by atoms with van der Waals surface area (Å²) >= 11 is 0. The summed E-state index contributed by atoms with van der Waals surface area (Å²) < 4.78 is 26.5. The second kappa shape index (κ2) is 10.9. The van der Waals surface area contributed by atoms with Crippen LogP contribution in [0.1, 0.15) is 38.7 Å². The summed E-state index contributed by atoms with van der Waals surface area (Å²) in [6.07, 6.45) is 0.0574. The van der Waals surface area contributed by atoms with E-state index in [1.807, 2.05) is 6.07 Å². The van der Waals surface area contributed by atoms with Crippen molar-refractivity contribution in [2.75, 3.05) is 26.9 Å². The predicted molar refractivity (Wildman–Crippen MR) is 110 cm³/mol. The number of nitrogens with zero attached hydrogens (tertiary/aromatic N) is 1. The lowest BCUT2D eigenvalue weighted by Crippen LogP contribution is -2.25. The van der Waals surface area contributed by atoms with E-state index in [4.69, 9.17) is 29.4 Å². The molecule has 2 rings (SSSR count). The minimum atomic E-state index is -0.809. The Balaban J connectivity index is 2.45. The Morgan fingerprint density at radius 3 is 2.52 bits per heavy atom. The third kappa shape index (κ3) is 5.48. The molecule has 1 aromatic carbocycles. The largest absolute Gasteiger partial charge is 0.493 e. The van der Waals surface area contributed by atoms with Gasteiger partial charge < -0.3 is 29.4 Å². The quantitative estimate of drug-likeness (QED) is 0.588. The first-order chi connectivity index (χ1) is 14.9. The molecule has 0 bridgehead atoms. The van der Waals surface area contributed by atoms with Crippen LogP contribution in [0.25, 0.3) is 0 Å². The highest BCUT2D eigenvalue weighted by atomic mass is 16.5.